The Morgan fingerprint density at radius 3 is 1.69 bits per heavy atom. The molecular formula is C47H75N16O18. The van der Waals surface area contributed by atoms with E-state index in [1.807, 2.05) is 0 Å². The van der Waals surface area contributed by atoms with Crippen molar-refractivity contribution in [3.63, 3.8) is 0 Å². The Kier molecular flexibility index (Phi) is 28.6. The van der Waals surface area contributed by atoms with Gasteiger partial charge in [0.25, 0.3) is 0 Å². The van der Waals surface area contributed by atoms with Gasteiger partial charge in [0, 0.05) is 26.1 Å². The Balaban J connectivity index is 2.20. The second kappa shape index (κ2) is 33.8. The van der Waals surface area contributed by atoms with Crippen LogP contribution in [0.3, 0.4) is 0 Å². The highest BCUT2D eigenvalue weighted by Gasteiger charge is 2.40. The third kappa shape index (κ3) is 23.0. The van der Waals surface area contributed by atoms with Gasteiger partial charge in [-0.25, -0.2) is 0 Å². The number of guanidine groups is 1. The lowest BCUT2D eigenvalue weighted by molar-refractivity contribution is -0.143. The summed E-state index contributed by atoms with van der Waals surface area (Å²) < 4.78 is 0. The molecular weight excluding hydrogens is 1080 g/mol. The van der Waals surface area contributed by atoms with Crippen LogP contribution < -0.4 is 70.4 Å². The Hall–Kier alpha value is -8.56. The molecule has 34 heteroatoms. The van der Waals surface area contributed by atoms with Gasteiger partial charge in [-0.3, -0.25) is 77.3 Å². The summed E-state index contributed by atoms with van der Waals surface area (Å²) in [5.41, 5.74) is 16.1. The average molecular weight is 1150 g/mol. The van der Waals surface area contributed by atoms with Crippen LogP contribution in [-0.4, -0.2) is 220 Å². The number of aliphatic hydroxyl groups is 1. The summed E-state index contributed by atoms with van der Waals surface area (Å²) in [6.07, 6.45) is -0.568. The summed E-state index contributed by atoms with van der Waals surface area (Å²) in [6, 6.07) is -14.8. The van der Waals surface area contributed by atoms with E-state index in [9.17, 15) is 82.1 Å². The van der Waals surface area contributed by atoms with Gasteiger partial charge in [-0.05, 0) is 64.7 Å². The molecule has 0 aromatic heterocycles. The highest BCUT2D eigenvalue weighted by Crippen LogP contribution is 2.20. The molecule has 20 N–H and O–H groups in total. The fraction of sp³-hybridized carbons (Fsp3) is 0.660. The molecule has 0 aliphatic carbocycles. The first kappa shape index (κ1) is 68.5. The van der Waals surface area contributed by atoms with E-state index in [-0.39, 0.29) is 38.9 Å². The second-order valence-electron chi connectivity index (χ2n) is 19.4. The van der Waals surface area contributed by atoms with Crippen LogP contribution in [0.15, 0.2) is 0 Å². The fourth-order valence-corrected chi connectivity index (χ4v) is 8.41. The molecule has 10 atom stereocenters. The summed E-state index contributed by atoms with van der Waals surface area (Å²) in [5.74, 6) is -15.4. The van der Waals surface area contributed by atoms with Crippen LogP contribution >= 0.6 is 0 Å². The van der Waals surface area contributed by atoms with Crippen molar-refractivity contribution < 1.29 is 87.2 Å². The van der Waals surface area contributed by atoms with Crippen LogP contribution in [0, 0.1) is 11.3 Å². The van der Waals surface area contributed by atoms with Gasteiger partial charge in [0.2, 0.25) is 77.2 Å². The van der Waals surface area contributed by atoms with Crippen molar-refractivity contribution in [2.75, 3.05) is 39.3 Å². The van der Waals surface area contributed by atoms with E-state index in [1.54, 1.807) is 13.8 Å². The molecule has 2 aliphatic heterocycles. The molecule has 34 nitrogen and oxygen atoms in total. The quantitative estimate of drug-likeness (QED) is 0.0162. The van der Waals surface area contributed by atoms with Gasteiger partial charge in [0.05, 0.1) is 32.5 Å². The molecule has 0 spiro atoms. The molecule has 0 aromatic carbocycles. The summed E-state index contributed by atoms with van der Waals surface area (Å²) in [6.45, 7) is 3.72. The fourth-order valence-electron chi connectivity index (χ4n) is 8.41. The Labute approximate surface area is 464 Å². The van der Waals surface area contributed by atoms with E-state index in [0.717, 1.165) is 4.90 Å². The SMILES string of the molecule is CC(C)[C@H](NC(=O)[C@@H]1CCCN1C(=O)[C@H](C)NC(=O)[C@H](CO)NC(=O)[C@H](CC(=O)O)NC(=O)[C@H](CCC(N)=O)NC(=O)[C@H](CCCNC(=N)N)NC(=O)CNC(=O)[C@H](C)NC(=O)[C@@H]1CCCN1C(=O)CN)C(=O)N[C@H]([C]=O)CC(=O)O. The third-order valence-electron chi connectivity index (χ3n) is 12.7. The first-order valence-electron chi connectivity index (χ1n) is 25.8. The lowest BCUT2D eigenvalue weighted by Gasteiger charge is -2.30. The molecule has 1 radical (unpaired) electrons. The molecule has 0 unspecified atom stereocenters. The van der Waals surface area contributed by atoms with Crippen LogP contribution in [-0.2, 0) is 71.9 Å². The highest BCUT2D eigenvalue weighted by atomic mass is 16.4. The monoisotopic (exact) mass is 1150 g/mol. The number of aliphatic hydroxyl groups excluding tert-OH is 1. The molecule has 2 saturated heterocycles. The summed E-state index contributed by atoms with van der Waals surface area (Å²) in [5, 5.41) is 59.5. The van der Waals surface area contributed by atoms with E-state index in [1.165, 1.54) is 25.0 Å². The number of carbonyl (C=O) groups excluding carboxylic acids is 13. The highest BCUT2D eigenvalue weighted by molar-refractivity contribution is 5.99. The smallest absolute Gasteiger partial charge is 0.305 e. The molecule has 451 valence electrons. The van der Waals surface area contributed by atoms with Crippen molar-refractivity contribution in [2.24, 2.45) is 23.1 Å². The molecule has 2 rings (SSSR count). The Morgan fingerprint density at radius 2 is 1.15 bits per heavy atom. The van der Waals surface area contributed by atoms with Gasteiger partial charge in [0.15, 0.2) is 5.96 Å². The van der Waals surface area contributed by atoms with E-state index < -0.39 is 194 Å². The summed E-state index contributed by atoms with van der Waals surface area (Å²) >= 11 is 0. The number of nitrogens with two attached hydrogens (primary N) is 3. The number of hydrogen-bond acceptors (Lipinski definition) is 18. The van der Waals surface area contributed by atoms with Gasteiger partial charge in [-0.1, -0.05) is 13.8 Å². The lowest BCUT2D eigenvalue weighted by atomic mass is 10.0. The van der Waals surface area contributed by atoms with Crippen molar-refractivity contribution in [2.45, 2.75) is 152 Å². The van der Waals surface area contributed by atoms with Crippen LogP contribution in [0.5, 0.6) is 0 Å². The number of carboxylic acids is 2. The molecule has 0 saturated carbocycles. The molecule has 0 bridgehead atoms. The van der Waals surface area contributed by atoms with Gasteiger partial charge in [0.1, 0.15) is 60.4 Å². The molecule has 2 aliphatic rings. The number of carboxylic acid groups (broad SMARTS) is 2. The zero-order valence-electron chi connectivity index (χ0n) is 45.3. The van der Waals surface area contributed by atoms with E-state index >= 15 is 0 Å². The Bertz CT molecular complexity index is 2360. The maximum absolute atomic E-state index is 13.8. The van der Waals surface area contributed by atoms with Crippen molar-refractivity contribution in [1.29, 1.82) is 5.41 Å². The number of primary amides is 1. The zero-order chi connectivity index (χ0) is 61.3. The summed E-state index contributed by atoms with van der Waals surface area (Å²) in [7, 11) is 0. The number of rotatable bonds is 34. The van der Waals surface area contributed by atoms with Gasteiger partial charge < -0.3 is 95.5 Å². The zero-order valence-corrected chi connectivity index (χ0v) is 45.3. The number of hydrogen-bond donors (Lipinski definition) is 17. The average Bonchev–Trinajstić information content (AvgIpc) is 4.18. The minimum Gasteiger partial charge on any atom is -0.481 e. The van der Waals surface area contributed by atoms with Crippen molar-refractivity contribution in [3.8, 4) is 0 Å². The predicted molar refractivity (Wildman–Crippen MR) is 278 cm³/mol. The number of amides is 12. The summed E-state index contributed by atoms with van der Waals surface area (Å²) in [4.78, 5) is 195. The second-order valence-corrected chi connectivity index (χ2v) is 19.4. The van der Waals surface area contributed by atoms with Gasteiger partial charge >= 0.3 is 11.9 Å². The normalized spacial score (nSPS) is 17.6. The number of nitrogens with zero attached hydrogens (tertiary/aromatic N) is 2. The molecule has 81 heavy (non-hydrogen) atoms. The number of aliphatic carboxylic acids is 2. The van der Waals surface area contributed by atoms with Crippen LogP contribution in [0.4, 0.5) is 0 Å². The molecule has 0 aromatic rings. The van der Waals surface area contributed by atoms with E-state index in [0.29, 0.717) is 25.8 Å². The topological polar surface area (TPSA) is 545 Å². The predicted octanol–water partition coefficient (Wildman–Crippen LogP) is -8.80. The first-order chi connectivity index (χ1) is 38.0. The molecule has 2 fully saturated rings. The number of nitrogens with one attached hydrogen (secondary N) is 11. The lowest BCUT2D eigenvalue weighted by Crippen LogP contribution is -2.60. The standard InChI is InChI=1S/C47H75N16O18/c1-22(2)37(45(80)56-25(20-64)16-35(69)70)61-44(79)31-10-7-15-63(31)46(81)24(4)55-42(77)29(21-65)60-41(76)28(17-36(71)72)59-40(75)27(11-12-32(49)66)58-39(74)26(8-5-13-52-47(50)51)57-33(67)19-53-38(73)23(3)54-43(78)30-9-6-14-62(30)34(68)18-48/h22-31,37,65H,5-19,21,48H2,1-4H3,(H2,49,66)(H,53,73)(H,54,78)(H,55,77)(H,56,80)(H,57,67)(H,58,74)(H,59,75)(H,60,76)(H,61,79)(H,69,70)(H,71,72)(H4,50,51,52)/t23-,24-,25-,26-,27-,28-,29-,30-,31-,37-/m0/s1. The van der Waals surface area contributed by atoms with Crippen LogP contribution in [0.1, 0.15) is 91.9 Å². The van der Waals surface area contributed by atoms with Crippen molar-refractivity contribution >= 4 is 95.1 Å². The first-order valence-corrected chi connectivity index (χ1v) is 25.8. The third-order valence-corrected chi connectivity index (χ3v) is 12.7. The maximum atomic E-state index is 13.8. The number of carbonyl (C=O) groups is 14. The van der Waals surface area contributed by atoms with Gasteiger partial charge in [-0.15, -0.1) is 0 Å². The van der Waals surface area contributed by atoms with Gasteiger partial charge in [-0.2, -0.15) is 0 Å². The number of likely N-dealkylation sites (tertiary alicyclic amines) is 2. The minimum absolute atomic E-state index is 0.00280. The molecule has 2 heterocycles. The van der Waals surface area contributed by atoms with Crippen LogP contribution in [0.25, 0.3) is 0 Å². The van der Waals surface area contributed by atoms with Crippen LogP contribution in [0.2, 0.25) is 0 Å². The molecule has 12 amide bonds. The minimum atomic E-state index is -2.06. The van der Waals surface area contributed by atoms with E-state index in [4.69, 9.17) is 27.7 Å². The Morgan fingerprint density at radius 1 is 0.617 bits per heavy atom. The maximum Gasteiger partial charge on any atom is 0.305 e. The van der Waals surface area contributed by atoms with Crippen molar-refractivity contribution in [1.82, 2.24) is 63.0 Å². The van der Waals surface area contributed by atoms with Crippen molar-refractivity contribution in [3.05, 3.63) is 0 Å². The van der Waals surface area contributed by atoms with E-state index in [2.05, 4.69) is 53.2 Å². The largest absolute Gasteiger partial charge is 0.481 e.